The fourth-order valence-electron chi connectivity index (χ4n) is 2.15. The van der Waals surface area contributed by atoms with Gasteiger partial charge >= 0.3 is 29.8 Å². The van der Waals surface area contributed by atoms with Crippen molar-refractivity contribution in [2.24, 2.45) is 28.9 Å². The van der Waals surface area contributed by atoms with Gasteiger partial charge in [0.2, 0.25) is 0 Å². The van der Waals surface area contributed by atoms with E-state index in [1.54, 1.807) is 26.0 Å². The third-order valence-electron chi connectivity index (χ3n) is 4.42. The fourth-order valence-corrected chi connectivity index (χ4v) is 2.15. The van der Waals surface area contributed by atoms with Crippen LogP contribution in [0.2, 0.25) is 0 Å². The Balaban J connectivity index is -0.000000439. The van der Waals surface area contributed by atoms with E-state index in [1.165, 1.54) is 12.1 Å². The molecule has 1 saturated heterocycles. The van der Waals surface area contributed by atoms with Crippen LogP contribution in [0.25, 0.3) is 0 Å². The van der Waals surface area contributed by atoms with Gasteiger partial charge in [-0.15, -0.1) is 0 Å². The minimum atomic E-state index is -1.02. The number of aromatic hydroxyl groups is 1. The van der Waals surface area contributed by atoms with Crippen molar-refractivity contribution < 1.29 is 54.6 Å². The molecule has 39 heavy (non-hydrogen) atoms. The molecule has 1 aromatic carbocycles. The maximum Gasteiger partial charge on any atom is 0.320 e. The molecule has 1 aliphatic heterocycles. The first-order chi connectivity index (χ1) is 18.0. The van der Waals surface area contributed by atoms with Crippen molar-refractivity contribution in [2.75, 3.05) is 19.6 Å². The molecular formula is C23H41N5O11. The Morgan fingerprint density at radius 3 is 1.51 bits per heavy atom. The molecule has 15 N–H and O–H groups in total. The Morgan fingerprint density at radius 1 is 0.872 bits per heavy atom. The second-order valence-corrected chi connectivity index (χ2v) is 8.11. The lowest BCUT2D eigenvalue weighted by molar-refractivity contribution is -0.140. The lowest BCUT2D eigenvalue weighted by atomic mass is 10.1. The average Bonchev–Trinajstić information content (AvgIpc) is 3.42. The molecule has 224 valence electrons. The molecule has 0 aromatic heterocycles. The molecule has 0 bridgehead atoms. The average molecular weight is 564 g/mol. The number of rotatable bonds is 8. The summed E-state index contributed by atoms with van der Waals surface area (Å²) in [6.07, 6.45) is 2.06. The number of aliphatic carboxylic acids is 5. The van der Waals surface area contributed by atoms with E-state index < -0.39 is 41.9 Å². The third-order valence-corrected chi connectivity index (χ3v) is 4.42. The zero-order chi connectivity index (χ0) is 31.1. The van der Waals surface area contributed by atoms with Gasteiger partial charge < -0.3 is 58.9 Å². The van der Waals surface area contributed by atoms with E-state index in [4.69, 9.17) is 42.1 Å². The van der Waals surface area contributed by atoms with Crippen LogP contribution in [0.3, 0.4) is 0 Å². The predicted molar refractivity (Wildman–Crippen MR) is 140 cm³/mol. The van der Waals surface area contributed by atoms with Crippen LogP contribution < -0.4 is 28.3 Å². The molecule has 1 fully saturated rings. The number of phenols is 1. The second kappa shape index (κ2) is 23.3. The number of hydrogen-bond donors (Lipinski definition) is 11. The quantitative estimate of drug-likeness (QED) is 0.167. The van der Waals surface area contributed by atoms with Crippen LogP contribution in [-0.2, 0) is 30.4 Å². The van der Waals surface area contributed by atoms with Crippen LogP contribution in [0.5, 0.6) is 5.75 Å². The van der Waals surface area contributed by atoms with E-state index >= 15 is 0 Å². The number of hydrogen-bond acceptors (Lipinski definition) is 11. The summed E-state index contributed by atoms with van der Waals surface area (Å²) in [6.45, 7) is 3.86. The van der Waals surface area contributed by atoms with Gasteiger partial charge in [-0.25, -0.2) is 0 Å². The van der Waals surface area contributed by atoms with Crippen LogP contribution in [-0.4, -0.2) is 98.2 Å². The van der Waals surface area contributed by atoms with E-state index in [-0.39, 0.29) is 37.2 Å². The van der Waals surface area contributed by atoms with E-state index in [2.05, 4.69) is 16.8 Å². The lowest BCUT2D eigenvalue weighted by Gasteiger charge is -2.07. The highest BCUT2D eigenvalue weighted by Crippen LogP contribution is 2.10. The summed E-state index contributed by atoms with van der Waals surface area (Å²) in [7, 11) is 0. The molecule has 16 nitrogen and oxygen atoms in total. The first-order valence-electron chi connectivity index (χ1n) is 11.5. The molecule has 2 rings (SSSR count). The minimum absolute atomic E-state index is 0.0208. The van der Waals surface area contributed by atoms with Gasteiger partial charge in [-0.05, 0) is 49.4 Å². The molecule has 0 amide bonds. The van der Waals surface area contributed by atoms with Crippen LogP contribution in [0.15, 0.2) is 24.3 Å². The van der Waals surface area contributed by atoms with Gasteiger partial charge in [-0.1, -0.05) is 26.0 Å². The summed E-state index contributed by atoms with van der Waals surface area (Å²) in [5.41, 5.74) is 20.4. The minimum Gasteiger partial charge on any atom is -0.508 e. The van der Waals surface area contributed by atoms with Gasteiger partial charge in [0.1, 0.15) is 23.9 Å². The number of carbonyl (C=O) groups is 5. The van der Waals surface area contributed by atoms with E-state index in [0.717, 1.165) is 24.9 Å². The molecular weight excluding hydrogens is 522 g/mol. The summed E-state index contributed by atoms with van der Waals surface area (Å²) in [4.78, 5) is 49.0. The normalized spacial score (nSPS) is 14.7. The van der Waals surface area contributed by atoms with Gasteiger partial charge in [-0.3, -0.25) is 24.0 Å². The van der Waals surface area contributed by atoms with Gasteiger partial charge in [0, 0.05) is 0 Å². The van der Waals surface area contributed by atoms with Gasteiger partial charge in [-0.2, -0.15) is 0 Å². The molecule has 1 aromatic rings. The molecule has 0 spiro atoms. The van der Waals surface area contributed by atoms with Gasteiger partial charge in [0.05, 0.1) is 13.1 Å². The van der Waals surface area contributed by atoms with Crippen molar-refractivity contribution in [3.63, 3.8) is 0 Å². The topological polar surface area (TPSA) is 323 Å². The molecule has 1 aliphatic rings. The van der Waals surface area contributed by atoms with Crippen molar-refractivity contribution in [3.8, 4) is 5.75 Å². The van der Waals surface area contributed by atoms with Crippen molar-refractivity contribution in [1.29, 1.82) is 0 Å². The highest BCUT2D eigenvalue weighted by Gasteiger charge is 2.20. The fraction of sp³-hybridized carbons (Fsp3) is 0.522. The molecule has 1 heterocycles. The summed E-state index contributed by atoms with van der Waals surface area (Å²) < 4.78 is 0. The Kier molecular flexibility index (Phi) is 23.7. The van der Waals surface area contributed by atoms with E-state index in [9.17, 15) is 24.0 Å². The number of nitrogens with two attached hydrogens (primary N) is 4. The predicted octanol–water partition coefficient (Wildman–Crippen LogP) is -1.72. The maximum absolute atomic E-state index is 10.4. The SMILES string of the molecule is CC(C)C(N)C(=O)O.NC(Cc1ccc(O)cc1)C(=O)O.NCC(=O)O.NCC(=O)O.O=C(O)[C@@H]1CCCN1. The number of phenolic OH excluding ortho intramolecular Hbond substituents is 1. The molecule has 0 radical (unpaired) electrons. The Bertz CT molecular complexity index is 835. The number of carboxylic acids is 5. The Morgan fingerprint density at radius 2 is 1.31 bits per heavy atom. The van der Waals surface area contributed by atoms with E-state index in [1.807, 2.05) is 0 Å². The summed E-state index contributed by atoms with van der Waals surface area (Å²) >= 11 is 0. The molecule has 0 aliphatic carbocycles. The van der Waals surface area contributed by atoms with Crippen molar-refractivity contribution in [2.45, 2.75) is 51.2 Å². The third kappa shape index (κ3) is 25.6. The highest BCUT2D eigenvalue weighted by molar-refractivity contribution is 5.74. The van der Waals surface area contributed by atoms with Crippen LogP contribution in [0.1, 0.15) is 32.3 Å². The molecule has 16 heteroatoms. The first kappa shape index (κ1) is 39.7. The number of carboxylic acid groups (broad SMARTS) is 5. The maximum atomic E-state index is 10.4. The molecule has 3 atom stereocenters. The molecule has 2 unspecified atom stereocenters. The smallest absolute Gasteiger partial charge is 0.320 e. The number of nitrogens with one attached hydrogen (secondary N) is 1. The Labute approximate surface area is 225 Å². The first-order valence-corrected chi connectivity index (χ1v) is 11.5. The number of benzene rings is 1. The van der Waals surface area contributed by atoms with Crippen molar-refractivity contribution in [1.82, 2.24) is 5.32 Å². The van der Waals surface area contributed by atoms with Crippen LogP contribution in [0, 0.1) is 5.92 Å². The molecule has 0 saturated carbocycles. The van der Waals surface area contributed by atoms with Crippen molar-refractivity contribution in [3.05, 3.63) is 29.8 Å². The monoisotopic (exact) mass is 563 g/mol. The highest BCUT2D eigenvalue weighted by atomic mass is 16.4. The zero-order valence-electron chi connectivity index (χ0n) is 21.9. The van der Waals surface area contributed by atoms with Gasteiger partial charge in [0.15, 0.2) is 0 Å². The lowest BCUT2D eigenvalue weighted by Crippen LogP contribution is -2.34. The van der Waals surface area contributed by atoms with Crippen LogP contribution >= 0.6 is 0 Å². The zero-order valence-corrected chi connectivity index (χ0v) is 21.9. The second-order valence-electron chi connectivity index (χ2n) is 8.11. The van der Waals surface area contributed by atoms with E-state index in [0.29, 0.717) is 0 Å². The largest absolute Gasteiger partial charge is 0.508 e. The summed E-state index contributed by atoms with van der Waals surface area (Å²) in [5.74, 6) is -4.43. The van der Waals surface area contributed by atoms with Gasteiger partial charge in [0.25, 0.3) is 0 Å². The van der Waals surface area contributed by atoms with Crippen LogP contribution in [0.4, 0.5) is 0 Å². The summed E-state index contributed by atoms with van der Waals surface area (Å²) in [6, 6.07) is 4.44. The Hall–Kier alpha value is -3.83. The summed E-state index contributed by atoms with van der Waals surface area (Å²) in [5, 5.41) is 52.1. The standard InChI is InChI=1S/C9H11NO3.C5H9NO2.C5H11NO2.2C2H5NO2/c10-8(9(12)13)5-6-1-3-7(11)4-2-6;7-5(8)4-2-1-3-6-4;1-3(2)4(6)5(7)8;2*3-1-2(4)5/h1-4,8,11H,5,10H2,(H,12,13);4,6H,1-3H2,(H,7,8);3-4H,6H2,1-2H3,(H,7,8);2*1,3H2,(H,4,5)/t;4-;;;/m.0.../s1. The van der Waals surface area contributed by atoms with Crippen molar-refractivity contribution >= 4 is 29.8 Å².